The molecule has 1 unspecified atom stereocenters. The fourth-order valence-corrected chi connectivity index (χ4v) is 7.84. The van der Waals surface area contributed by atoms with Gasteiger partial charge in [-0.1, -0.05) is 103 Å². The fraction of sp³-hybridized carbons (Fsp3) is 1.00. The summed E-state index contributed by atoms with van der Waals surface area (Å²) in [5.41, 5.74) is 0. The van der Waals surface area contributed by atoms with Crippen molar-refractivity contribution >= 4 is 20.0 Å². The first kappa shape index (κ1) is 26.9. The second kappa shape index (κ2) is 15.6. The van der Waals surface area contributed by atoms with Crippen molar-refractivity contribution in [3.05, 3.63) is 0 Å². The summed E-state index contributed by atoms with van der Waals surface area (Å²) in [6.07, 6.45) is 20.5. The molecule has 1 heterocycles. The zero-order valence-electron chi connectivity index (χ0n) is 18.6. The first-order chi connectivity index (χ1) is 13.9. The van der Waals surface area contributed by atoms with Crippen LogP contribution in [0.4, 0.5) is 0 Å². The van der Waals surface area contributed by atoms with Gasteiger partial charge in [-0.2, -0.15) is 8.42 Å². The van der Waals surface area contributed by atoms with Gasteiger partial charge in [-0.25, -0.2) is 8.42 Å². The summed E-state index contributed by atoms with van der Waals surface area (Å²) in [6, 6.07) is 0. The molecule has 1 rings (SSSR count). The maximum Gasteiger partial charge on any atom is 0.271 e. The van der Waals surface area contributed by atoms with Crippen molar-refractivity contribution in [1.29, 1.82) is 0 Å². The predicted molar refractivity (Wildman–Crippen MR) is 121 cm³/mol. The molecular formula is C22H44O5S2. The van der Waals surface area contributed by atoms with Crippen molar-refractivity contribution in [3.8, 4) is 0 Å². The Morgan fingerprint density at radius 1 is 0.724 bits per heavy atom. The second-order valence-electron chi connectivity index (χ2n) is 8.64. The molecule has 0 aromatic carbocycles. The lowest BCUT2D eigenvalue weighted by atomic mass is 10.0. The minimum absolute atomic E-state index is 0.0424. The molecule has 0 bridgehead atoms. The van der Waals surface area contributed by atoms with Gasteiger partial charge < -0.3 is 0 Å². The van der Waals surface area contributed by atoms with Crippen LogP contribution in [0.5, 0.6) is 0 Å². The summed E-state index contributed by atoms with van der Waals surface area (Å²) in [5, 5.41) is -0.867. The van der Waals surface area contributed by atoms with Crippen LogP contribution in [0.1, 0.15) is 116 Å². The summed E-state index contributed by atoms with van der Waals surface area (Å²) in [7, 11) is -6.93. The molecule has 0 radical (unpaired) electrons. The largest absolute Gasteiger partial charge is 0.271 e. The number of hydrogen-bond donors (Lipinski definition) is 0. The molecule has 0 saturated carbocycles. The molecule has 0 aromatic rings. The van der Waals surface area contributed by atoms with E-state index >= 15 is 0 Å². The van der Waals surface area contributed by atoms with Gasteiger partial charge in [0, 0.05) is 0 Å². The third-order valence-corrected chi connectivity index (χ3v) is 9.54. The molecule has 1 aliphatic heterocycles. The predicted octanol–water partition coefficient (Wildman–Crippen LogP) is 5.78. The van der Waals surface area contributed by atoms with Crippen LogP contribution in [-0.2, 0) is 24.1 Å². The van der Waals surface area contributed by atoms with E-state index in [0.29, 0.717) is 0 Å². The molecule has 0 aromatic heterocycles. The van der Waals surface area contributed by atoms with Crippen molar-refractivity contribution in [2.75, 3.05) is 18.1 Å². The van der Waals surface area contributed by atoms with Crippen LogP contribution in [0.25, 0.3) is 0 Å². The summed E-state index contributed by atoms with van der Waals surface area (Å²) in [5.74, 6) is -0.326. The Bertz CT molecular complexity index is 599. The van der Waals surface area contributed by atoms with Crippen molar-refractivity contribution in [2.24, 2.45) is 0 Å². The van der Waals surface area contributed by atoms with E-state index in [2.05, 4.69) is 6.92 Å². The highest BCUT2D eigenvalue weighted by Gasteiger charge is 2.37. The van der Waals surface area contributed by atoms with Gasteiger partial charge in [0.25, 0.3) is 10.1 Å². The molecule has 0 amide bonds. The summed E-state index contributed by atoms with van der Waals surface area (Å²) in [6.45, 7) is 2.44. The van der Waals surface area contributed by atoms with Gasteiger partial charge >= 0.3 is 0 Å². The summed E-state index contributed by atoms with van der Waals surface area (Å²) in [4.78, 5) is 0. The Labute approximate surface area is 180 Å². The lowest BCUT2D eigenvalue weighted by molar-refractivity contribution is 0.301. The lowest BCUT2D eigenvalue weighted by Crippen LogP contribution is -2.25. The first-order valence-electron chi connectivity index (χ1n) is 12.0. The van der Waals surface area contributed by atoms with Crippen LogP contribution in [0.15, 0.2) is 0 Å². The topological polar surface area (TPSA) is 77.5 Å². The van der Waals surface area contributed by atoms with Crippen LogP contribution >= 0.6 is 0 Å². The minimum Gasteiger partial charge on any atom is -0.270 e. The Morgan fingerprint density at radius 2 is 1.14 bits per heavy atom. The van der Waals surface area contributed by atoms with Gasteiger partial charge in [-0.15, -0.1) is 0 Å². The molecule has 0 aliphatic carbocycles. The standard InChI is InChI=1S/C22H44O5S2/c1-2-3-4-5-6-7-8-9-10-11-12-13-14-15-16-17-19-27-29(25,26)22-18-20-28(23,24)21-22/h22H,2-21H2,1H3. The maximum absolute atomic E-state index is 12.0. The molecule has 1 aliphatic rings. The lowest BCUT2D eigenvalue weighted by Gasteiger charge is -2.10. The van der Waals surface area contributed by atoms with Crippen molar-refractivity contribution < 1.29 is 21.0 Å². The number of rotatable bonds is 19. The average molecular weight is 453 g/mol. The Balaban J connectivity index is 1.83. The Hall–Kier alpha value is -0.140. The Morgan fingerprint density at radius 3 is 1.52 bits per heavy atom. The maximum atomic E-state index is 12.0. The highest BCUT2D eigenvalue weighted by atomic mass is 32.2. The number of sulfone groups is 1. The number of unbranched alkanes of at least 4 members (excludes halogenated alkanes) is 15. The van der Waals surface area contributed by atoms with Crippen LogP contribution in [-0.4, -0.2) is 40.2 Å². The van der Waals surface area contributed by atoms with Gasteiger partial charge in [-0.05, 0) is 12.8 Å². The second-order valence-corrected chi connectivity index (χ2v) is 12.8. The van der Waals surface area contributed by atoms with E-state index < -0.39 is 25.2 Å². The molecule has 1 saturated heterocycles. The molecule has 29 heavy (non-hydrogen) atoms. The molecule has 1 fully saturated rings. The van der Waals surface area contributed by atoms with Crippen LogP contribution in [0.2, 0.25) is 0 Å². The first-order valence-corrected chi connectivity index (χ1v) is 15.3. The van der Waals surface area contributed by atoms with E-state index in [9.17, 15) is 16.8 Å². The van der Waals surface area contributed by atoms with Gasteiger partial charge in [0.05, 0.1) is 18.1 Å². The zero-order valence-corrected chi connectivity index (χ0v) is 20.2. The normalized spacial score (nSPS) is 19.0. The van der Waals surface area contributed by atoms with Gasteiger partial charge in [-0.3, -0.25) is 4.18 Å². The summed E-state index contributed by atoms with van der Waals surface area (Å²) >= 11 is 0. The van der Waals surface area contributed by atoms with E-state index in [1.165, 1.54) is 83.5 Å². The highest BCUT2D eigenvalue weighted by Crippen LogP contribution is 2.21. The van der Waals surface area contributed by atoms with Gasteiger partial charge in [0.2, 0.25) is 0 Å². The van der Waals surface area contributed by atoms with Crippen molar-refractivity contribution in [2.45, 2.75) is 121 Å². The quantitative estimate of drug-likeness (QED) is 0.183. The zero-order chi connectivity index (χ0) is 21.4. The third-order valence-electron chi connectivity index (χ3n) is 5.84. The molecule has 7 heteroatoms. The fourth-order valence-electron chi connectivity index (χ4n) is 3.91. The average Bonchev–Trinajstić information content (AvgIpc) is 3.05. The van der Waals surface area contributed by atoms with E-state index in [1.54, 1.807) is 0 Å². The monoisotopic (exact) mass is 452 g/mol. The van der Waals surface area contributed by atoms with E-state index in [4.69, 9.17) is 4.18 Å². The SMILES string of the molecule is CCCCCCCCCCCCCCCCCCOS(=O)(=O)C1CCS(=O)(=O)C1. The smallest absolute Gasteiger partial charge is 0.270 e. The molecule has 5 nitrogen and oxygen atoms in total. The van der Waals surface area contributed by atoms with Gasteiger partial charge in [0.15, 0.2) is 9.84 Å². The highest BCUT2D eigenvalue weighted by molar-refractivity contribution is 7.94. The van der Waals surface area contributed by atoms with E-state index in [1.807, 2.05) is 0 Å². The number of hydrogen-bond acceptors (Lipinski definition) is 5. The molecule has 174 valence electrons. The molecule has 0 spiro atoms. The molecular weight excluding hydrogens is 408 g/mol. The minimum atomic E-state index is -3.73. The van der Waals surface area contributed by atoms with Crippen LogP contribution in [0.3, 0.4) is 0 Å². The summed E-state index contributed by atoms with van der Waals surface area (Å²) < 4.78 is 51.8. The van der Waals surface area contributed by atoms with Crippen molar-refractivity contribution in [1.82, 2.24) is 0 Å². The van der Waals surface area contributed by atoms with Crippen LogP contribution < -0.4 is 0 Å². The Kier molecular flexibility index (Phi) is 14.5. The van der Waals surface area contributed by atoms with E-state index in [-0.39, 0.29) is 24.5 Å². The van der Waals surface area contributed by atoms with Gasteiger partial charge in [0.1, 0.15) is 5.25 Å². The molecule has 0 N–H and O–H groups in total. The van der Waals surface area contributed by atoms with E-state index in [0.717, 1.165) is 19.3 Å². The molecule has 1 atom stereocenters. The van der Waals surface area contributed by atoms with Crippen molar-refractivity contribution in [3.63, 3.8) is 0 Å². The van der Waals surface area contributed by atoms with Crippen LogP contribution in [0, 0.1) is 0 Å². The third kappa shape index (κ3) is 13.7.